The summed E-state index contributed by atoms with van der Waals surface area (Å²) in [5.74, 6) is 1.23. The number of nitrogens with zero attached hydrogens (tertiary/aromatic N) is 3. The lowest BCUT2D eigenvalue weighted by molar-refractivity contribution is 0.0714. The molecule has 1 aromatic carbocycles. The lowest BCUT2D eigenvalue weighted by atomic mass is 10.3. The highest BCUT2D eigenvalue weighted by Crippen LogP contribution is 2.32. The normalized spacial score (nSPS) is 14.9. The van der Waals surface area contributed by atoms with Gasteiger partial charge in [-0.2, -0.15) is 0 Å². The second-order valence-electron chi connectivity index (χ2n) is 5.82. The van der Waals surface area contributed by atoms with Crippen LogP contribution < -0.4 is 9.64 Å². The molecule has 1 saturated heterocycles. The second-order valence-corrected chi connectivity index (χ2v) is 6.82. The van der Waals surface area contributed by atoms with Gasteiger partial charge in [0.1, 0.15) is 5.75 Å². The van der Waals surface area contributed by atoms with Crippen LogP contribution in [0.4, 0.5) is 5.13 Å². The van der Waals surface area contributed by atoms with E-state index in [9.17, 15) is 4.79 Å². The molecule has 1 amide bonds. The molecule has 0 atom stereocenters. The molecule has 3 heterocycles. The second kappa shape index (κ2) is 6.76. The minimum absolute atomic E-state index is 0.0460. The summed E-state index contributed by atoms with van der Waals surface area (Å²) >= 11 is 1.66. The topological polar surface area (TPSA) is 58.8 Å². The van der Waals surface area contributed by atoms with E-state index < -0.39 is 0 Å². The number of aromatic nitrogens is 1. The first-order chi connectivity index (χ1) is 12.2. The van der Waals surface area contributed by atoms with Crippen molar-refractivity contribution in [3.05, 3.63) is 42.4 Å². The van der Waals surface area contributed by atoms with Crippen molar-refractivity contribution in [1.82, 2.24) is 9.88 Å². The molecule has 6 nitrogen and oxygen atoms in total. The van der Waals surface area contributed by atoms with Crippen molar-refractivity contribution in [2.24, 2.45) is 0 Å². The molecule has 4 rings (SSSR count). The third-order valence-electron chi connectivity index (χ3n) is 4.23. The molecule has 0 radical (unpaired) electrons. The van der Waals surface area contributed by atoms with Crippen LogP contribution in [0.5, 0.6) is 5.75 Å². The Labute approximate surface area is 149 Å². The molecule has 2 aromatic heterocycles. The van der Waals surface area contributed by atoms with Gasteiger partial charge in [0.2, 0.25) is 0 Å². The van der Waals surface area contributed by atoms with Gasteiger partial charge in [0.25, 0.3) is 5.91 Å². The number of fused-ring (bicyclic) bond motifs is 1. The first-order valence-corrected chi connectivity index (χ1v) is 9.17. The summed E-state index contributed by atoms with van der Waals surface area (Å²) < 4.78 is 11.9. The number of hydrogen-bond acceptors (Lipinski definition) is 6. The molecule has 0 unspecified atom stereocenters. The van der Waals surface area contributed by atoms with Crippen LogP contribution in [0.1, 0.15) is 17.5 Å². The van der Waals surface area contributed by atoms with Gasteiger partial charge >= 0.3 is 0 Å². The zero-order valence-electron chi connectivity index (χ0n) is 14.0. The van der Waals surface area contributed by atoms with Crippen molar-refractivity contribution in [3.8, 4) is 5.75 Å². The van der Waals surface area contributed by atoms with Gasteiger partial charge in [-0.05, 0) is 37.3 Å². The number of thiazole rings is 1. The van der Waals surface area contributed by atoms with Gasteiger partial charge in [0.15, 0.2) is 10.9 Å². The van der Waals surface area contributed by atoms with Gasteiger partial charge < -0.3 is 19.0 Å². The molecular formula is C18H19N3O3S. The Hall–Kier alpha value is -2.54. The lowest BCUT2D eigenvalue weighted by Crippen LogP contribution is -2.48. The van der Waals surface area contributed by atoms with E-state index >= 15 is 0 Å². The third kappa shape index (κ3) is 3.19. The Morgan fingerprint density at radius 1 is 1.28 bits per heavy atom. The molecule has 0 N–H and O–H groups in total. The van der Waals surface area contributed by atoms with Crippen LogP contribution in [-0.4, -0.2) is 48.6 Å². The van der Waals surface area contributed by atoms with Crippen LogP contribution in [0.2, 0.25) is 0 Å². The van der Waals surface area contributed by atoms with Gasteiger partial charge in [0.05, 0.1) is 23.1 Å². The molecule has 1 aliphatic rings. The summed E-state index contributed by atoms with van der Waals surface area (Å²) in [7, 11) is 0. The van der Waals surface area contributed by atoms with E-state index in [-0.39, 0.29) is 5.91 Å². The van der Waals surface area contributed by atoms with Gasteiger partial charge in [-0.15, -0.1) is 0 Å². The number of ether oxygens (including phenoxy) is 1. The number of rotatable bonds is 4. The van der Waals surface area contributed by atoms with Crippen molar-refractivity contribution in [1.29, 1.82) is 0 Å². The summed E-state index contributed by atoms with van der Waals surface area (Å²) in [5, 5.41) is 0.994. The maximum Gasteiger partial charge on any atom is 0.289 e. The minimum Gasteiger partial charge on any atom is -0.494 e. The van der Waals surface area contributed by atoms with Crippen LogP contribution >= 0.6 is 11.3 Å². The van der Waals surface area contributed by atoms with Crippen molar-refractivity contribution in [2.45, 2.75) is 6.92 Å². The molecule has 1 fully saturated rings. The van der Waals surface area contributed by atoms with Gasteiger partial charge in [-0.25, -0.2) is 4.98 Å². The predicted octanol–water partition coefficient (Wildman–Crippen LogP) is 3.25. The molecular weight excluding hydrogens is 338 g/mol. The number of amides is 1. The molecule has 0 saturated carbocycles. The monoisotopic (exact) mass is 357 g/mol. The molecule has 0 spiro atoms. The minimum atomic E-state index is -0.0460. The Bertz CT molecular complexity index is 867. The van der Waals surface area contributed by atoms with E-state index in [1.54, 1.807) is 23.5 Å². The Balaban J connectivity index is 1.45. The maximum absolute atomic E-state index is 12.3. The fourth-order valence-electron chi connectivity index (χ4n) is 2.94. The Kier molecular flexibility index (Phi) is 4.31. The molecule has 0 aliphatic carbocycles. The quantitative estimate of drug-likeness (QED) is 0.717. The average Bonchev–Trinajstić information content (AvgIpc) is 3.31. The number of piperazine rings is 1. The summed E-state index contributed by atoms with van der Waals surface area (Å²) in [5.41, 5.74) is 0.984. The summed E-state index contributed by atoms with van der Waals surface area (Å²) in [4.78, 5) is 21.1. The molecule has 130 valence electrons. The zero-order valence-corrected chi connectivity index (χ0v) is 14.8. The summed E-state index contributed by atoms with van der Waals surface area (Å²) in [6.07, 6.45) is 1.53. The number of carbonyl (C=O) groups excluding carboxylic acids is 1. The highest BCUT2D eigenvalue weighted by molar-refractivity contribution is 7.22. The maximum atomic E-state index is 12.3. The molecule has 7 heteroatoms. The third-order valence-corrected chi connectivity index (χ3v) is 5.31. The fraction of sp³-hybridized carbons (Fsp3) is 0.333. The van der Waals surface area contributed by atoms with E-state index in [4.69, 9.17) is 14.1 Å². The molecule has 25 heavy (non-hydrogen) atoms. The van der Waals surface area contributed by atoms with Crippen molar-refractivity contribution in [3.63, 3.8) is 0 Å². The Morgan fingerprint density at radius 3 is 2.84 bits per heavy atom. The van der Waals surface area contributed by atoms with E-state index in [0.29, 0.717) is 25.5 Å². The number of hydrogen-bond donors (Lipinski definition) is 0. The first-order valence-electron chi connectivity index (χ1n) is 8.35. The predicted molar refractivity (Wildman–Crippen MR) is 97.6 cm³/mol. The lowest BCUT2D eigenvalue weighted by Gasteiger charge is -2.34. The largest absolute Gasteiger partial charge is 0.494 e. The SMILES string of the molecule is CCOc1ccc2nc(N3CCN(C(=O)c4ccco4)CC3)sc2c1. The van der Waals surface area contributed by atoms with E-state index in [1.807, 2.05) is 30.0 Å². The summed E-state index contributed by atoms with van der Waals surface area (Å²) in [6, 6.07) is 9.43. The van der Waals surface area contributed by atoms with E-state index in [2.05, 4.69) is 4.90 Å². The smallest absolute Gasteiger partial charge is 0.289 e. The van der Waals surface area contributed by atoms with E-state index in [1.165, 1.54) is 6.26 Å². The van der Waals surface area contributed by atoms with Crippen LogP contribution in [0.3, 0.4) is 0 Å². The zero-order chi connectivity index (χ0) is 17.2. The average molecular weight is 357 g/mol. The van der Waals surface area contributed by atoms with Crippen molar-refractivity contribution >= 4 is 32.6 Å². The van der Waals surface area contributed by atoms with Crippen LogP contribution in [0.15, 0.2) is 41.0 Å². The van der Waals surface area contributed by atoms with Crippen molar-refractivity contribution < 1.29 is 13.9 Å². The standard InChI is InChI=1S/C18H19N3O3S/c1-2-23-13-5-6-14-16(12-13)25-18(19-14)21-9-7-20(8-10-21)17(22)15-4-3-11-24-15/h3-6,11-12H,2,7-10H2,1H3. The Morgan fingerprint density at radius 2 is 2.12 bits per heavy atom. The molecule has 3 aromatic rings. The highest BCUT2D eigenvalue weighted by Gasteiger charge is 2.25. The molecule has 0 bridgehead atoms. The van der Waals surface area contributed by atoms with Crippen LogP contribution in [-0.2, 0) is 0 Å². The van der Waals surface area contributed by atoms with E-state index in [0.717, 1.165) is 34.2 Å². The van der Waals surface area contributed by atoms with Crippen LogP contribution in [0.25, 0.3) is 10.2 Å². The van der Waals surface area contributed by atoms with Gasteiger partial charge in [0, 0.05) is 26.2 Å². The number of anilines is 1. The van der Waals surface area contributed by atoms with Crippen molar-refractivity contribution in [2.75, 3.05) is 37.7 Å². The highest BCUT2D eigenvalue weighted by atomic mass is 32.1. The summed E-state index contributed by atoms with van der Waals surface area (Å²) in [6.45, 7) is 5.50. The van der Waals surface area contributed by atoms with Gasteiger partial charge in [-0.1, -0.05) is 11.3 Å². The molecule has 1 aliphatic heterocycles. The first kappa shape index (κ1) is 16.0. The number of furan rings is 1. The van der Waals surface area contributed by atoms with Gasteiger partial charge in [-0.3, -0.25) is 4.79 Å². The fourth-order valence-corrected chi connectivity index (χ4v) is 3.99. The number of benzene rings is 1. The van der Waals surface area contributed by atoms with Crippen LogP contribution in [0, 0.1) is 0 Å². The number of carbonyl (C=O) groups is 1.